The molecule has 0 aliphatic carbocycles. The van der Waals surface area contributed by atoms with Gasteiger partial charge in [0.1, 0.15) is 5.69 Å². The van der Waals surface area contributed by atoms with Crippen molar-refractivity contribution in [3.05, 3.63) is 30.0 Å². The highest BCUT2D eigenvalue weighted by Crippen LogP contribution is 2.25. The van der Waals surface area contributed by atoms with Crippen LogP contribution in [-0.2, 0) is 4.79 Å². The Bertz CT molecular complexity index is 659. The van der Waals surface area contributed by atoms with E-state index in [0.29, 0.717) is 31.6 Å². The predicted molar refractivity (Wildman–Crippen MR) is 75.9 cm³/mol. The number of nitrogens with zero attached hydrogens (tertiary/aromatic N) is 2. The van der Waals surface area contributed by atoms with E-state index < -0.39 is 5.97 Å². The minimum atomic E-state index is -0.767. The van der Waals surface area contributed by atoms with Gasteiger partial charge < -0.3 is 10.0 Å². The molecule has 0 atom stereocenters. The fourth-order valence-electron chi connectivity index (χ4n) is 2.52. The Balaban J connectivity index is 1.78. The zero-order chi connectivity index (χ0) is 14.1. The summed E-state index contributed by atoms with van der Waals surface area (Å²) in [6.07, 6.45) is 1.03. The SMILES string of the molecule is O=C(O)C1CCN(C(=O)c2nsc3ccccc23)CC1. The van der Waals surface area contributed by atoms with E-state index in [0.717, 1.165) is 10.1 Å². The number of carbonyl (C=O) groups excluding carboxylic acids is 1. The van der Waals surface area contributed by atoms with E-state index in [1.165, 1.54) is 11.5 Å². The molecule has 20 heavy (non-hydrogen) atoms. The Labute approximate surface area is 120 Å². The van der Waals surface area contributed by atoms with Crippen LogP contribution in [0.2, 0.25) is 0 Å². The van der Waals surface area contributed by atoms with Gasteiger partial charge in [0.25, 0.3) is 5.91 Å². The summed E-state index contributed by atoms with van der Waals surface area (Å²) in [7, 11) is 0. The lowest BCUT2D eigenvalue weighted by molar-refractivity contribution is -0.143. The maximum Gasteiger partial charge on any atom is 0.306 e. The van der Waals surface area contributed by atoms with Crippen molar-refractivity contribution in [2.45, 2.75) is 12.8 Å². The monoisotopic (exact) mass is 290 g/mol. The summed E-state index contributed by atoms with van der Waals surface area (Å²) in [6, 6.07) is 7.66. The first kappa shape index (κ1) is 13.1. The predicted octanol–water partition coefficient (Wildman–Crippen LogP) is 2.23. The van der Waals surface area contributed by atoms with Gasteiger partial charge in [-0.3, -0.25) is 9.59 Å². The number of piperidine rings is 1. The minimum absolute atomic E-state index is 0.0914. The first-order valence-electron chi connectivity index (χ1n) is 6.53. The number of rotatable bonds is 2. The Kier molecular flexibility index (Phi) is 3.40. The van der Waals surface area contributed by atoms with Crippen LogP contribution in [0.4, 0.5) is 0 Å². The quantitative estimate of drug-likeness (QED) is 0.920. The molecule has 0 bridgehead atoms. The van der Waals surface area contributed by atoms with Crippen LogP contribution in [-0.4, -0.2) is 39.3 Å². The summed E-state index contributed by atoms with van der Waals surface area (Å²) in [6.45, 7) is 0.976. The molecule has 1 aliphatic rings. The first-order valence-corrected chi connectivity index (χ1v) is 7.30. The lowest BCUT2D eigenvalue weighted by Gasteiger charge is -2.29. The molecule has 6 heteroatoms. The molecule has 5 nitrogen and oxygen atoms in total. The fraction of sp³-hybridized carbons (Fsp3) is 0.357. The molecule has 0 saturated carbocycles. The smallest absolute Gasteiger partial charge is 0.306 e. The van der Waals surface area contributed by atoms with Gasteiger partial charge in [0.05, 0.1) is 10.6 Å². The van der Waals surface area contributed by atoms with Crippen LogP contribution in [0.3, 0.4) is 0 Å². The summed E-state index contributed by atoms with van der Waals surface area (Å²) in [4.78, 5) is 25.1. The van der Waals surface area contributed by atoms with Gasteiger partial charge in [0, 0.05) is 18.5 Å². The number of carboxylic acid groups (broad SMARTS) is 1. The summed E-state index contributed by atoms with van der Waals surface area (Å²) >= 11 is 1.32. The van der Waals surface area contributed by atoms with Crippen molar-refractivity contribution in [3.8, 4) is 0 Å². The summed E-state index contributed by atoms with van der Waals surface area (Å²) in [5.41, 5.74) is 0.486. The summed E-state index contributed by atoms with van der Waals surface area (Å²) < 4.78 is 5.26. The highest BCUT2D eigenvalue weighted by Gasteiger charge is 2.29. The number of hydrogen-bond acceptors (Lipinski definition) is 4. The van der Waals surface area contributed by atoms with Gasteiger partial charge in [-0.1, -0.05) is 18.2 Å². The van der Waals surface area contributed by atoms with Gasteiger partial charge in [-0.05, 0) is 30.4 Å². The largest absolute Gasteiger partial charge is 0.481 e. The normalized spacial score (nSPS) is 16.5. The third kappa shape index (κ3) is 2.27. The molecular formula is C14H14N2O3S. The molecule has 1 aromatic carbocycles. The topological polar surface area (TPSA) is 70.5 Å². The molecule has 1 fully saturated rings. The number of carbonyl (C=O) groups is 2. The zero-order valence-corrected chi connectivity index (χ0v) is 11.6. The van der Waals surface area contributed by atoms with Gasteiger partial charge in [-0.2, -0.15) is 4.37 Å². The lowest BCUT2D eigenvalue weighted by Crippen LogP contribution is -2.40. The molecule has 3 rings (SSSR count). The van der Waals surface area contributed by atoms with Crippen molar-refractivity contribution in [2.75, 3.05) is 13.1 Å². The molecule has 0 unspecified atom stereocenters. The number of hydrogen-bond donors (Lipinski definition) is 1. The number of benzene rings is 1. The van der Waals surface area contributed by atoms with Crippen LogP contribution < -0.4 is 0 Å². The van der Waals surface area contributed by atoms with Gasteiger partial charge in [0.2, 0.25) is 0 Å². The molecule has 0 radical (unpaired) electrons. The van der Waals surface area contributed by atoms with Gasteiger partial charge in [0.15, 0.2) is 0 Å². The maximum atomic E-state index is 12.5. The van der Waals surface area contributed by atoms with Crippen LogP contribution >= 0.6 is 11.5 Å². The number of aliphatic carboxylic acids is 1. The van der Waals surface area contributed by atoms with E-state index >= 15 is 0 Å². The van der Waals surface area contributed by atoms with E-state index in [-0.39, 0.29) is 11.8 Å². The molecule has 1 N–H and O–H groups in total. The molecule has 2 heterocycles. The van der Waals surface area contributed by atoms with Crippen molar-refractivity contribution in [3.63, 3.8) is 0 Å². The molecule has 1 amide bonds. The Morgan fingerprint density at radius 1 is 1.25 bits per heavy atom. The molecule has 104 valence electrons. The Morgan fingerprint density at radius 2 is 1.95 bits per heavy atom. The van der Waals surface area contributed by atoms with E-state index in [1.807, 2.05) is 24.3 Å². The number of carboxylic acids is 1. The third-order valence-electron chi connectivity index (χ3n) is 3.71. The molecule has 2 aromatic rings. The standard InChI is InChI=1S/C14H14N2O3S/c17-13(16-7-5-9(6-8-16)14(18)19)12-10-3-1-2-4-11(10)20-15-12/h1-4,9H,5-8H2,(H,18,19). The van der Waals surface area contributed by atoms with Crippen molar-refractivity contribution in [1.82, 2.24) is 9.27 Å². The second-order valence-corrected chi connectivity index (χ2v) is 5.74. The number of fused-ring (bicyclic) bond motifs is 1. The van der Waals surface area contributed by atoms with E-state index in [1.54, 1.807) is 4.90 Å². The summed E-state index contributed by atoms with van der Waals surface area (Å²) in [5, 5.41) is 9.85. The van der Waals surface area contributed by atoms with Crippen molar-refractivity contribution < 1.29 is 14.7 Å². The maximum absolute atomic E-state index is 12.5. The number of amides is 1. The van der Waals surface area contributed by atoms with Crippen LogP contribution in [0.15, 0.2) is 24.3 Å². The van der Waals surface area contributed by atoms with Gasteiger partial charge in [-0.15, -0.1) is 0 Å². The van der Waals surface area contributed by atoms with Crippen molar-refractivity contribution in [1.29, 1.82) is 0 Å². The van der Waals surface area contributed by atoms with Crippen LogP contribution in [0.5, 0.6) is 0 Å². The zero-order valence-electron chi connectivity index (χ0n) is 10.8. The van der Waals surface area contributed by atoms with Crippen LogP contribution in [0, 0.1) is 5.92 Å². The average Bonchev–Trinajstić information content (AvgIpc) is 2.90. The molecule has 1 aliphatic heterocycles. The fourth-order valence-corrected chi connectivity index (χ4v) is 3.29. The number of likely N-dealkylation sites (tertiary alicyclic amines) is 1. The average molecular weight is 290 g/mol. The highest BCUT2D eigenvalue weighted by molar-refractivity contribution is 7.13. The van der Waals surface area contributed by atoms with E-state index in [9.17, 15) is 9.59 Å². The van der Waals surface area contributed by atoms with Crippen molar-refractivity contribution >= 4 is 33.5 Å². The van der Waals surface area contributed by atoms with E-state index in [2.05, 4.69) is 4.37 Å². The van der Waals surface area contributed by atoms with Crippen LogP contribution in [0.1, 0.15) is 23.3 Å². The van der Waals surface area contributed by atoms with Crippen molar-refractivity contribution in [2.24, 2.45) is 5.92 Å². The van der Waals surface area contributed by atoms with Crippen LogP contribution in [0.25, 0.3) is 10.1 Å². The molecular weight excluding hydrogens is 276 g/mol. The highest BCUT2D eigenvalue weighted by atomic mass is 32.1. The minimum Gasteiger partial charge on any atom is -0.481 e. The third-order valence-corrected chi connectivity index (χ3v) is 4.54. The molecule has 1 saturated heterocycles. The summed E-state index contributed by atoms with van der Waals surface area (Å²) in [5.74, 6) is -1.19. The second-order valence-electron chi connectivity index (χ2n) is 4.93. The molecule has 1 aromatic heterocycles. The Hall–Kier alpha value is -1.95. The Morgan fingerprint density at radius 3 is 2.65 bits per heavy atom. The van der Waals surface area contributed by atoms with E-state index in [4.69, 9.17) is 5.11 Å². The lowest BCUT2D eigenvalue weighted by atomic mass is 9.97. The second kappa shape index (κ2) is 5.20. The van der Waals surface area contributed by atoms with Gasteiger partial charge >= 0.3 is 5.97 Å². The number of aromatic nitrogens is 1. The molecule has 0 spiro atoms. The first-order chi connectivity index (χ1) is 9.66. The van der Waals surface area contributed by atoms with Gasteiger partial charge in [-0.25, -0.2) is 0 Å².